The van der Waals surface area contributed by atoms with E-state index in [0.717, 1.165) is 0 Å². The predicted molar refractivity (Wildman–Crippen MR) is 62.4 cm³/mol. The molecule has 1 atom stereocenters. The summed E-state index contributed by atoms with van der Waals surface area (Å²) in [7, 11) is 0. The Hall–Kier alpha value is -1.62. The first-order valence-electron chi connectivity index (χ1n) is 5.08. The van der Waals surface area contributed by atoms with Gasteiger partial charge >= 0.3 is 5.97 Å². The first-order chi connectivity index (χ1) is 8.06. The van der Waals surface area contributed by atoms with E-state index in [-0.39, 0.29) is 18.7 Å². The van der Waals surface area contributed by atoms with Gasteiger partial charge in [0.15, 0.2) is 17.6 Å². The summed E-state index contributed by atoms with van der Waals surface area (Å²) >= 11 is 5.87. The molecule has 17 heavy (non-hydrogen) atoms. The highest BCUT2D eigenvalue weighted by molar-refractivity contribution is 6.33. The second-order valence-corrected chi connectivity index (χ2v) is 4.08. The van der Waals surface area contributed by atoms with Crippen molar-refractivity contribution in [1.82, 2.24) is 0 Å². The molecule has 0 saturated heterocycles. The number of nitrogen functional groups attached to an aromatic ring is 1. The Labute approximate surface area is 103 Å². The van der Waals surface area contributed by atoms with Crippen molar-refractivity contribution >= 4 is 23.3 Å². The number of benzene rings is 1. The Morgan fingerprint density at radius 1 is 1.59 bits per heavy atom. The fraction of sp³-hybridized carbons (Fsp3) is 0.364. The van der Waals surface area contributed by atoms with Crippen LogP contribution in [0.25, 0.3) is 0 Å². The van der Waals surface area contributed by atoms with E-state index in [1.165, 1.54) is 6.92 Å². The van der Waals surface area contributed by atoms with Crippen LogP contribution < -0.4 is 15.2 Å². The van der Waals surface area contributed by atoms with Crippen molar-refractivity contribution in [2.75, 3.05) is 18.9 Å². The lowest BCUT2D eigenvalue weighted by atomic mass is 10.2. The molecule has 1 aromatic rings. The Bertz CT molecular complexity index is 449. The van der Waals surface area contributed by atoms with E-state index >= 15 is 0 Å². The maximum atomic E-state index is 10.7. The molecule has 0 aromatic heterocycles. The number of anilines is 1. The molecular weight excluding hydrogens is 246 g/mol. The second-order valence-electron chi connectivity index (χ2n) is 3.67. The zero-order valence-corrected chi connectivity index (χ0v) is 9.99. The van der Waals surface area contributed by atoms with Crippen LogP contribution in [-0.2, 0) is 9.53 Å². The quantitative estimate of drug-likeness (QED) is 0.644. The fourth-order valence-corrected chi connectivity index (χ4v) is 1.60. The molecule has 92 valence electrons. The van der Waals surface area contributed by atoms with E-state index in [0.29, 0.717) is 28.8 Å². The van der Waals surface area contributed by atoms with E-state index in [1.54, 1.807) is 12.1 Å². The molecule has 0 fully saturated rings. The molecule has 1 aliphatic heterocycles. The number of esters is 1. The van der Waals surface area contributed by atoms with Crippen LogP contribution >= 0.6 is 11.6 Å². The Kier molecular flexibility index (Phi) is 3.28. The topological polar surface area (TPSA) is 70.8 Å². The first-order valence-corrected chi connectivity index (χ1v) is 5.46. The molecular formula is C11H12ClNO4. The smallest absolute Gasteiger partial charge is 0.302 e. The molecule has 1 heterocycles. The third kappa shape index (κ3) is 2.74. The van der Waals surface area contributed by atoms with Crippen molar-refractivity contribution in [3.8, 4) is 11.5 Å². The molecule has 0 spiro atoms. The van der Waals surface area contributed by atoms with E-state index in [2.05, 4.69) is 0 Å². The number of halogens is 1. The van der Waals surface area contributed by atoms with Crippen LogP contribution in [0.2, 0.25) is 5.02 Å². The average molecular weight is 258 g/mol. The van der Waals surface area contributed by atoms with Gasteiger partial charge in [-0.15, -0.1) is 0 Å². The van der Waals surface area contributed by atoms with Crippen LogP contribution in [-0.4, -0.2) is 25.3 Å². The maximum absolute atomic E-state index is 10.7. The molecule has 0 aliphatic carbocycles. The third-order valence-electron chi connectivity index (χ3n) is 2.25. The van der Waals surface area contributed by atoms with Gasteiger partial charge in [-0.05, 0) is 0 Å². The molecule has 2 rings (SSSR count). The zero-order valence-electron chi connectivity index (χ0n) is 9.23. The molecule has 0 radical (unpaired) electrons. The van der Waals surface area contributed by atoms with Gasteiger partial charge in [-0.1, -0.05) is 11.6 Å². The highest BCUT2D eigenvalue weighted by Gasteiger charge is 2.23. The van der Waals surface area contributed by atoms with Gasteiger partial charge in [0.05, 0.1) is 10.7 Å². The minimum Gasteiger partial charge on any atom is -0.486 e. The summed E-state index contributed by atoms with van der Waals surface area (Å²) in [5.41, 5.74) is 6.08. The van der Waals surface area contributed by atoms with Crippen molar-refractivity contribution in [2.45, 2.75) is 13.0 Å². The Balaban J connectivity index is 2.08. The number of hydrogen-bond acceptors (Lipinski definition) is 5. The molecule has 0 bridgehead atoms. The summed E-state index contributed by atoms with van der Waals surface area (Å²) in [6.07, 6.45) is -0.328. The number of carbonyl (C=O) groups excluding carboxylic acids is 1. The molecule has 1 aromatic carbocycles. The molecule has 0 saturated carbocycles. The van der Waals surface area contributed by atoms with E-state index in [4.69, 9.17) is 31.5 Å². The summed E-state index contributed by atoms with van der Waals surface area (Å²) in [6, 6.07) is 3.20. The molecule has 2 N–H and O–H groups in total. The van der Waals surface area contributed by atoms with Gasteiger partial charge in [-0.3, -0.25) is 4.79 Å². The minimum absolute atomic E-state index is 0.150. The Morgan fingerprint density at radius 3 is 3.06 bits per heavy atom. The maximum Gasteiger partial charge on any atom is 0.302 e. The zero-order chi connectivity index (χ0) is 12.4. The second kappa shape index (κ2) is 4.71. The number of rotatable bonds is 2. The van der Waals surface area contributed by atoms with Crippen LogP contribution in [0.1, 0.15) is 6.92 Å². The van der Waals surface area contributed by atoms with Crippen molar-refractivity contribution in [3.63, 3.8) is 0 Å². The monoisotopic (exact) mass is 257 g/mol. The molecule has 1 aliphatic rings. The Morgan fingerprint density at radius 2 is 2.35 bits per heavy atom. The van der Waals surface area contributed by atoms with Gasteiger partial charge in [0, 0.05) is 19.1 Å². The lowest BCUT2D eigenvalue weighted by Crippen LogP contribution is -2.34. The minimum atomic E-state index is -0.352. The number of ether oxygens (including phenoxy) is 3. The summed E-state index contributed by atoms with van der Waals surface area (Å²) in [4.78, 5) is 10.7. The van der Waals surface area contributed by atoms with Gasteiger partial charge in [0.2, 0.25) is 0 Å². The molecule has 0 amide bonds. The summed E-state index contributed by atoms with van der Waals surface area (Å²) in [5, 5.41) is 0.403. The average Bonchev–Trinajstić information content (AvgIpc) is 2.28. The number of fused-ring (bicyclic) bond motifs is 1. The van der Waals surface area contributed by atoms with Crippen molar-refractivity contribution in [2.24, 2.45) is 0 Å². The SMILES string of the molecule is CC(=O)OCC1COc2cc(N)c(Cl)cc2O1. The van der Waals surface area contributed by atoms with E-state index in [1.807, 2.05) is 0 Å². The van der Waals surface area contributed by atoms with Crippen molar-refractivity contribution < 1.29 is 19.0 Å². The largest absolute Gasteiger partial charge is 0.486 e. The molecule has 5 nitrogen and oxygen atoms in total. The normalized spacial score (nSPS) is 17.6. The van der Waals surface area contributed by atoms with E-state index in [9.17, 15) is 4.79 Å². The fourth-order valence-electron chi connectivity index (χ4n) is 1.44. The number of carbonyl (C=O) groups is 1. The van der Waals surface area contributed by atoms with Crippen molar-refractivity contribution in [1.29, 1.82) is 0 Å². The summed E-state index contributed by atoms with van der Waals surface area (Å²) < 4.78 is 15.9. The third-order valence-corrected chi connectivity index (χ3v) is 2.58. The highest BCUT2D eigenvalue weighted by Crippen LogP contribution is 2.37. The van der Waals surface area contributed by atoms with E-state index < -0.39 is 0 Å². The summed E-state index contributed by atoms with van der Waals surface area (Å²) in [6.45, 7) is 1.80. The van der Waals surface area contributed by atoms with Crippen molar-refractivity contribution in [3.05, 3.63) is 17.2 Å². The molecule has 1 unspecified atom stereocenters. The number of nitrogens with two attached hydrogens (primary N) is 1. The lowest BCUT2D eigenvalue weighted by Gasteiger charge is -2.26. The first kappa shape index (κ1) is 11.9. The van der Waals surface area contributed by atoms with Crippen LogP contribution in [0, 0.1) is 0 Å². The van der Waals surface area contributed by atoms with Gasteiger partial charge in [0.1, 0.15) is 13.2 Å². The van der Waals surface area contributed by atoms with Crippen LogP contribution in [0.4, 0.5) is 5.69 Å². The highest BCUT2D eigenvalue weighted by atomic mass is 35.5. The lowest BCUT2D eigenvalue weighted by molar-refractivity contribution is -0.144. The number of hydrogen-bond donors (Lipinski definition) is 1. The standard InChI is InChI=1S/C11H12ClNO4/c1-6(14)15-4-7-5-16-10-3-9(13)8(12)2-11(10)17-7/h2-3,7H,4-5,13H2,1H3. The summed E-state index contributed by atoms with van der Waals surface area (Å²) in [5.74, 6) is 0.702. The molecule has 6 heteroatoms. The van der Waals surface area contributed by atoms with Gasteiger partial charge in [-0.2, -0.15) is 0 Å². The van der Waals surface area contributed by atoms with Gasteiger partial charge in [-0.25, -0.2) is 0 Å². The van der Waals surface area contributed by atoms with Crippen LogP contribution in [0.15, 0.2) is 12.1 Å². The van der Waals surface area contributed by atoms with Crippen LogP contribution in [0.3, 0.4) is 0 Å². The van der Waals surface area contributed by atoms with Gasteiger partial charge < -0.3 is 19.9 Å². The van der Waals surface area contributed by atoms with Crippen LogP contribution in [0.5, 0.6) is 11.5 Å². The van der Waals surface area contributed by atoms with Gasteiger partial charge in [0.25, 0.3) is 0 Å². The predicted octanol–water partition coefficient (Wildman–Crippen LogP) is 1.63.